The van der Waals surface area contributed by atoms with Gasteiger partial charge in [-0.25, -0.2) is 0 Å². The first-order valence-corrected chi connectivity index (χ1v) is 13.8. The highest BCUT2D eigenvalue weighted by atomic mass is 19.3. The summed E-state index contributed by atoms with van der Waals surface area (Å²) in [6, 6.07) is 2.18. The summed E-state index contributed by atoms with van der Waals surface area (Å²) in [5, 5.41) is 22.9. The van der Waals surface area contributed by atoms with Gasteiger partial charge in [0.15, 0.2) is 5.78 Å². The number of allylic oxidation sites excluding steroid dienone is 4. The summed E-state index contributed by atoms with van der Waals surface area (Å²) in [4.78, 5) is 26.6. The summed E-state index contributed by atoms with van der Waals surface area (Å²) in [6.07, 6.45) is 7.96. The molecule has 0 saturated heterocycles. The number of hydrogen-bond acceptors (Lipinski definition) is 4. The molecular weight excluding hydrogens is 474 g/mol. The van der Waals surface area contributed by atoms with E-state index in [2.05, 4.69) is 39.1 Å². The van der Waals surface area contributed by atoms with Crippen LogP contribution >= 0.6 is 0 Å². The molecule has 6 unspecified atom stereocenters. The van der Waals surface area contributed by atoms with Crippen LogP contribution in [0, 0.1) is 51.2 Å². The maximum Gasteiger partial charge on any atom is 0.321 e. The second-order valence-electron chi connectivity index (χ2n) is 14.1. The number of rotatable bonds is 2. The van der Waals surface area contributed by atoms with E-state index < -0.39 is 17.4 Å². The molecule has 5 aliphatic carbocycles. The number of carbonyl (C=O) groups excluding carboxylic acids is 2. The number of aliphatic hydroxyl groups excluding tert-OH is 1. The molecule has 5 aliphatic rings. The predicted molar refractivity (Wildman–Crippen MR) is 135 cm³/mol. The third-order valence-corrected chi connectivity index (χ3v) is 11.3. The number of alkyl halides is 2. The van der Waals surface area contributed by atoms with Crippen LogP contribution in [0.1, 0.15) is 92.4 Å². The number of ketones is 1. The van der Waals surface area contributed by atoms with Gasteiger partial charge in [0.1, 0.15) is 5.76 Å². The molecule has 0 heterocycles. The summed E-state index contributed by atoms with van der Waals surface area (Å²) < 4.78 is 28.1. The molecule has 0 aromatic rings. The highest BCUT2D eigenvalue weighted by Gasteiger charge is 2.64. The average molecular weight is 515 g/mol. The Morgan fingerprint density at radius 2 is 1.81 bits per heavy atom. The van der Waals surface area contributed by atoms with Crippen molar-refractivity contribution in [1.82, 2.24) is 5.32 Å². The minimum Gasteiger partial charge on any atom is -0.511 e. The Bertz CT molecular complexity index is 1140. The number of halogens is 2. The lowest BCUT2D eigenvalue weighted by Crippen LogP contribution is -2.67. The minimum atomic E-state index is -3.47. The lowest BCUT2D eigenvalue weighted by atomic mass is 9.40. The monoisotopic (exact) mass is 514 g/mol. The van der Waals surface area contributed by atoms with E-state index in [1.165, 1.54) is 0 Å². The Morgan fingerprint density at radius 1 is 1.11 bits per heavy atom. The van der Waals surface area contributed by atoms with Crippen molar-refractivity contribution >= 4 is 11.7 Å². The molecule has 3 fully saturated rings. The Kier molecular flexibility index (Phi) is 5.80. The fourth-order valence-electron chi connectivity index (χ4n) is 9.21. The number of fused-ring (bicyclic) bond motifs is 7. The lowest BCUT2D eigenvalue weighted by molar-refractivity contribution is -0.155. The van der Waals surface area contributed by atoms with Gasteiger partial charge in [-0.2, -0.15) is 14.0 Å². The average Bonchev–Trinajstić information content (AvgIpc) is 2.80. The standard InChI is InChI=1S/C30H40F2N2O3/c1-26(2)10-11-30(34-25(37)29(5,31)32)9-7-19-24(20(30)15-26)22(36)13-23-27(19,3)8-6-18-12-21(35)17(16-33)14-28(18,23)4/h13,18-20,24,35H,6-12,14-15H2,1-5H3,(H,34,37)/t18?,19?,20?,24?,27?,28-,30?/m0/s1. The van der Waals surface area contributed by atoms with Gasteiger partial charge < -0.3 is 10.4 Å². The SMILES string of the molecule is CC1(C)CCC2(NC(=O)C(C)(F)F)CCC3C(C(=O)C=C4C3(C)CCC3CC(O)=C(C#N)C[C@]43C)C2C1. The Balaban J connectivity index is 1.57. The zero-order valence-electron chi connectivity index (χ0n) is 22.7. The molecule has 7 atom stereocenters. The van der Waals surface area contributed by atoms with Crippen LogP contribution < -0.4 is 5.32 Å². The Labute approximate surface area is 218 Å². The second-order valence-corrected chi connectivity index (χ2v) is 14.1. The zero-order valence-corrected chi connectivity index (χ0v) is 22.7. The molecule has 0 aromatic heterocycles. The topological polar surface area (TPSA) is 90.2 Å². The van der Waals surface area contributed by atoms with E-state index in [1.807, 2.05) is 6.08 Å². The number of aliphatic hydroxyl groups is 1. The van der Waals surface area contributed by atoms with Gasteiger partial charge in [0.25, 0.3) is 5.91 Å². The summed E-state index contributed by atoms with van der Waals surface area (Å²) in [7, 11) is 0. The molecule has 0 spiro atoms. The number of hydrogen-bond donors (Lipinski definition) is 2. The van der Waals surface area contributed by atoms with E-state index in [1.54, 1.807) is 0 Å². The van der Waals surface area contributed by atoms with E-state index >= 15 is 0 Å². The molecule has 37 heavy (non-hydrogen) atoms. The third kappa shape index (κ3) is 3.88. The molecule has 0 aromatic carbocycles. The molecule has 5 rings (SSSR count). The summed E-state index contributed by atoms with van der Waals surface area (Å²) in [6.45, 7) is 9.39. The fourth-order valence-corrected chi connectivity index (χ4v) is 9.21. The summed E-state index contributed by atoms with van der Waals surface area (Å²) in [5.74, 6) is -4.76. The van der Waals surface area contributed by atoms with Crippen LogP contribution in [0.4, 0.5) is 8.78 Å². The smallest absolute Gasteiger partial charge is 0.321 e. The first-order chi connectivity index (χ1) is 17.1. The zero-order chi connectivity index (χ0) is 27.2. The molecule has 0 bridgehead atoms. The van der Waals surface area contributed by atoms with Crippen molar-refractivity contribution in [3.63, 3.8) is 0 Å². The molecule has 3 saturated carbocycles. The van der Waals surface area contributed by atoms with E-state index in [9.17, 15) is 28.7 Å². The second kappa shape index (κ2) is 8.13. The number of nitrogens with zero attached hydrogens (tertiary/aromatic N) is 1. The van der Waals surface area contributed by atoms with Gasteiger partial charge in [0.05, 0.1) is 11.6 Å². The van der Waals surface area contributed by atoms with Gasteiger partial charge in [-0.15, -0.1) is 0 Å². The molecule has 5 nitrogen and oxygen atoms in total. The first-order valence-electron chi connectivity index (χ1n) is 13.8. The molecule has 7 heteroatoms. The van der Waals surface area contributed by atoms with Gasteiger partial charge in [-0.05, 0) is 91.4 Å². The molecule has 1 amide bonds. The van der Waals surface area contributed by atoms with Crippen LogP contribution in [0.5, 0.6) is 0 Å². The van der Waals surface area contributed by atoms with Crippen LogP contribution in [0.3, 0.4) is 0 Å². The van der Waals surface area contributed by atoms with Crippen molar-refractivity contribution in [2.24, 2.45) is 39.9 Å². The van der Waals surface area contributed by atoms with E-state index in [0.29, 0.717) is 51.0 Å². The van der Waals surface area contributed by atoms with Gasteiger partial charge >= 0.3 is 5.92 Å². The fraction of sp³-hybridized carbons (Fsp3) is 0.767. The largest absolute Gasteiger partial charge is 0.511 e. The Morgan fingerprint density at radius 3 is 2.46 bits per heavy atom. The number of nitriles is 1. The van der Waals surface area contributed by atoms with Crippen molar-refractivity contribution in [3.8, 4) is 6.07 Å². The van der Waals surface area contributed by atoms with Crippen LogP contribution in [-0.4, -0.2) is 28.3 Å². The molecule has 2 N–H and O–H groups in total. The van der Waals surface area contributed by atoms with Crippen LogP contribution in [0.25, 0.3) is 0 Å². The highest BCUT2D eigenvalue weighted by Crippen LogP contribution is 2.68. The summed E-state index contributed by atoms with van der Waals surface area (Å²) in [5.41, 5.74) is 0.0671. The Hall–Kier alpha value is -2.23. The molecule has 0 radical (unpaired) electrons. The van der Waals surface area contributed by atoms with Crippen molar-refractivity contribution in [1.29, 1.82) is 5.26 Å². The maximum absolute atomic E-state index is 14.1. The first kappa shape index (κ1) is 26.4. The van der Waals surface area contributed by atoms with Gasteiger partial charge in [0, 0.05) is 24.8 Å². The highest BCUT2D eigenvalue weighted by molar-refractivity contribution is 5.95. The van der Waals surface area contributed by atoms with E-state index in [4.69, 9.17) is 0 Å². The molecule has 202 valence electrons. The normalized spacial score (nSPS) is 42.9. The lowest BCUT2D eigenvalue weighted by Gasteiger charge is -2.64. The van der Waals surface area contributed by atoms with Gasteiger partial charge in [-0.1, -0.05) is 33.3 Å². The quantitative estimate of drug-likeness (QED) is 0.446. The van der Waals surface area contributed by atoms with Crippen molar-refractivity contribution in [2.45, 2.75) is 104 Å². The third-order valence-electron chi connectivity index (χ3n) is 11.3. The van der Waals surface area contributed by atoms with Crippen molar-refractivity contribution in [3.05, 3.63) is 23.0 Å². The molecule has 0 aliphatic heterocycles. The van der Waals surface area contributed by atoms with Gasteiger partial charge in [-0.3, -0.25) is 9.59 Å². The summed E-state index contributed by atoms with van der Waals surface area (Å²) >= 11 is 0. The maximum atomic E-state index is 14.1. The van der Waals surface area contributed by atoms with Crippen molar-refractivity contribution in [2.75, 3.05) is 0 Å². The number of amides is 1. The number of nitrogens with one attached hydrogen (secondary N) is 1. The van der Waals surface area contributed by atoms with Crippen LogP contribution in [0.2, 0.25) is 0 Å². The number of carbonyl (C=O) groups is 2. The van der Waals surface area contributed by atoms with E-state index in [-0.39, 0.29) is 51.5 Å². The van der Waals surface area contributed by atoms with Crippen molar-refractivity contribution < 1.29 is 23.5 Å². The molecular formula is C30H40F2N2O3. The van der Waals surface area contributed by atoms with E-state index in [0.717, 1.165) is 24.8 Å². The minimum absolute atomic E-state index is 0.0425. The van der Waals surface area contributed by atoms with Crippen LogP contribution in [0.15, 0.2) is 23.0 Å². The van der Waals surface area contributed by atoms with Gasteiger partial charge in [0.2, 0.25) is 0 Å². The predicted octanol–water partition coefficient (Wildman–Crippen LogP) is 6.41. The van der Waals surface area contributed by atoms with Crippen LogP contribution in [-0.2, 0) is 9.59 Å².